The van der Waals surface area contributed by atoms with Crippen molar-refractivity contribution in [3.05, 3.63) is 82.7 Å². The van der Waals surface area contributed by atoms with Crippen molar-refractivity contribution in [2.75, 3.05) is 18.0 Å². The number of benzene rings is 2. The van der Waals surface area contributed by atoms with Crippen LogP contribution < -0.4 is 4.90 Å². The van der Waals surface area contributed by atoms with Crippen molar-refractivity contribution in [2.45, 2.75) is 6.42 Å². The van der Waals surface area contributed by atoms with Crippen LogP contribution in [0.1, 0.15) is 12.0 Å². The lowest BCUT2D eigenvalue weighted by molar-refractivity contribution is -0.383. The molecule has 0 fully saturated rings. The van der Waals surface area contributed by atoms with Crippen molar-refractivity contribution in [1.82, 2.24) is 4.98 Å². The summed E-state index contributed by atoms with van der Waals surface area (Å²) in [7, 11) is 0. The van der Waals surface area contributed by atoms with Gasteiger partial charge in [0.2, 0.25) is 0 Å². The molecule has 0 unspecified atom stereocenters. The molecule has 0 N–H and O–H groups in total. The predicted octanol–water partition coefficient (Wildman–Crippen LogP) is 4.44. The van der Waals surface area contributed by atoms with Gasteiger partial charge in [0, 0.05) is 42.6 Å². The van der Waals surface area contributed by atoms with Gasteiger partial charge in [0.05, 0.1) is 10.3 Å². The first kappa shape index (κ1) is 15.3. The number of fused-ring (bicyclic) bond motifs is 1. The number of nitrogens with zero attached hydrogens (tertiary/aromatic N) is 3. The minimum Gasteiger partial charge on any atom is -0.367 e. The number of pyridine rings is 1. The third-order valence-electron chi connectivity index (χ3n) is 4.66. The van der Waals surface area contributed by atoms with E-state index in [4.69, 9.17) is 0 Å². The molecule has 5 nitrogen and oxygen atoms in total. The number of nitro benzene ring substituents is 1. The number of non-ortho nitro benzene ring substituents is 1. The van der Waals surface area contributed by atoms with Gasteiger partial charge in [-0.15, -0.1) is 0 Å². The molecule has 4 rings (SSSR count). The summed E-state index contributed by atoms with van der Waals surface area (Å²) in [5.41, 5.74) is 3.74. The SMILES string of the molecule is O=[N+]([O-])c1ccc(N2CC=C(c3ccccc3)CC2)c2ccncc12. The van der Waals surface area contributed by atoms with Crippen LogP contribution in [0.15, 0.2) is 67.0 Å². The highest BCUT2D eigenvalue weighted by Gasteiger charge is 2.19. The highest BCUT2D eigenvalue weighted by Crippen LogP contribution is 2.34. The van der Waals surface area contributed by atoms with Gasteiger partial charge in [-0.05, 0) is 29.7 Å². The zero-order chi connectivity index (χ0) is 17.2. The number of nitro groups is 1. The normalized spacial score (nSPS) is 14.4. The van der Waals surface area contributed by atoms with Gasteiger partial charge in [-0.2, -0.15) is 0 Å². The van der Waals surface area contributed by atoms with E-state index >= 15 is 0 Å². The standard InChI is InChI=1S/C20H17N3O2/c24-23(25)20-7-6-19(17-8-11-21-14-18(17)20)22-12-9-16(10-13-22)15-4-2-1-3-5-15/h1-9,11,14H,10,12-13H2. The molecule has 1 aliphatic rings. The molecule has 25 heavy (non-hydrogen) atoms. The Bertz CT molecular complexity index is 967. The molecule has 0 spiro atoms. The van der Waals surface area contributed by atoms with E-state index in [9.17, 15) is 10.1 Å². The molecule has 0 aliphatic carbocycles. The van der Waals surface area contributed by atoms with E-state index in [0.29, 0.717) is 5.39 Å². The predicted molar refractivity (Wildman–Crippen MR) is 99.6 cm³/mol. The third-order valence-corrected chi connectivity index (χ3v) is 4.66. The summed E-state index contributed by atoms with van der Waals surface area (Å²) in [4.78, 5) is 17.2. The monoisotopic (exact) mass is 331 g/mol. The fraction of sp³-hybridized carbons (Fsp3) is 0.150. The van der Waals surface area contributed by atoms with Crippen molar-refractivity contribution in [3.63, 3.8) is 0 Å². The Labute approximate surface area is 145 Å². The number of aromatic nitrogens is 1. The summed E-state index contributed by atoms with van der Waals surface area (Å²) in [6, 6.07) is 15.7. The minimum atomic E-state index is -0.350. The Morgan fingerprint density at radius 2 is 1.88 bits per heavy atom. The second kappa shape index (κ2) is 6.36. The second-order valence-electron chi connectivity index (χ2n) is 6.07. The van der Waals surface area contributed by atoms with Gasteiger partial charge < -0.3 is 4.90 Å². The Morgan fingerprint density at radius 3 is 2.60 bits per heavy atom. The zero-order valence-electron chi connectivity index (χ0n) is 13.6. The molecule has 0 atom stereocenters. The number of hydrogen-bond acceptors (Lipinski definition) is 4. The molecule has 1 aromatic heterocycles. The summed E-state index contributed by atoms with van der Waals surface area (Å²) < 4.78 is 0. The van der Waals surface area contributed by atoms with Gasteiger partial charge in [-0.25, -0.2) is 0 Å². The van der Waals surface area contributed by atoms with Crippen molar-refractivity contribution < 1.29 is 4.92 Å². The highest BCUT2D eigenvalue weighted by atomic mass is 16.6. The molecule has 0 radical (unpaired) electrons. The summed E-state index contributed by atoms with van der Waals surface area (Å²) in [5, 5.41) is 12.7. The van der Waals surface area contributed by atoms with Crippen LogP contribution in [0.25, 0.3) is 16.3 Å². The molecule has 2 heterocycles. The molecule has 2 aromatic carbocycles. The first-order valence-electron chi connectivity index (χ1n) is 8.24. The molecule has 0 saturated carbocycles. The molecule has 0 bridgehead atoms. The van der Waals surface area contributed by atoms with Crippen LogP contribution in [0, 0.1) is 10.1 Å². The van der Waals surface area contributed by atoms with Crippen LogP contribution in [0.5, 0.6) is 0 Å². The van der Waals surface area contributed by atoms with Gasteiger partial charge in [0.1, 0.15) is 0 Å². The maximum Gasteiger partial charge on any atom is 0.278 e. The van der Waals surface area contributed by atoms with Gasteiger partial charge in [0.15, 0.2) is 0 Å². The van der Waals surface area contributed by atoms with E-state index in [0.717, 1.165) is 30.6 Å². The van der Waals surface area contributed by atoms with Crippen LogP contribution in [-0.2, 0) is 0 Å². The Kier molecular flexibility index (Phi) is 3.90. The van der Waals surface area contributed by atoms with E-state index in [-0.39, 0.29) is 10.6 Å². The molecular formula is C20H17N3O2. The Hall–Kier alpha value is -3.21. The quantitative estimate of drug-likeness (QED) is 0.526. The van der Waals surface area contributed by atoms with Crippen LogP contribution in [-0.4, -0.2) is 23.0 Å². The minimum absolute atomic E-state index is 0.101. The third kappa shape index (κ3) is 2.85. The highest BCUT2D eigenvalue weighted by molar-refractivity contribution is 5.99. The maximum absolute atomic E-state index is 11.3. The number of hydrogen-bond donors (Lipinski definition) is 0. The summed E-state index contributed by atoms with van der Waals surface area (Å²) in [5.74, 6) is 0. The molecule has 1 aliphatic heterocycles. The van der Waals surface area contributed by atoms with E-state index in [1.807, 2.05) is 18.2 Å². The first-order valence-corrected chi connectivity index (χ1v) is 8.24. The summed E-state index contributed by atoms with van der Waals surface area (Å²) in [6.07, 6.45) is 6.46. The van der Waals surface area contributed by atoms with Crippen molar-refractivity contribution >= 4 is 27.7 Å². The van der Waals surface area contributed by atoms with Crippen molar-refractivity contribution in [3.8, 4) is 0 Å². The average molecular weight is 331 g/mol. The zero-order valence-corrected chi connectivity index (χ0v) is 13.6. The van der Waals surface area contributed by atoms with E-state index < -0.39 is 0 Å². The summed E-state index contributed by atoms with van der Waals surface area (Å²) in [6.45, 7) is 1.68. The maximum atomic E-state index is 11.3. The lowest BCUT2D eigenvalue weighted by atomic mass is 9.98. The molecule has 0 amide bonds. The van der Waals surface area contributed by atoms with Crippen molar-refractivity contribution in [1.29, 1.82) is 0 Å². The van der Waals surface area contributed by atoms with Crippen molar-refractivity contribution in [2.24, 2.45) is 0 Å². The molecular weight excluding hydrogens is 314 g/mol. The molecule has 3 aromatic rings. The lowest BCUT2D eigenvalue weighted by Gasteiger charge is -2.29. The number of rotatable bonds is 3. The average Bonchev–Trinajstić information content (AvgIpc) is 2.68. The van der Waals surface area contributed by atoms with E-state index in [1.54, 1.807) is 18.5 Å². The van der Waals surface area contributed by atoms with Gasteiger partial charge >= 0.3 is 0 Å². The van der Waals surface area contributed by atoms with E-state index in [2.05, 4.69) is 40.2 Å². The van der Waals surface area contributed by atoms with Crippen LogP contribution in [0.4, 0.5) is 11.4 Å². The van der Waals surface area contributed by atoms with Crippen LogP contribution in [0.3, 0.4) is 0 Å². The molecule has 5 heteroatoms. The Balaban J connectivity index is 1.69. The van der Waals surface area contributed by atoms with E-state index in [1.165, 1.54) is 11.1 Å². The summed E-state index contributed by atoms with van der Waals surface area (Å²) >= 11 is 0. The smallest absolute Gasteiger partial charge is 0.278 e. The van der Waals surface area contributed by atoms with Gasteiger partial charge in [-0.3, -0.25) is 15.1 Å². The number of anilines is 1. The van der Waals surface area contributed by atoms with Gasteiger partial charge in [0.25, 0.3) is 5.69 Å². The fourth-order valence-electron chi connectivity index (χ4n) is 3.40. The van der Waals surface area contributed by atoms with Crippen LogP contribution in [0.2, 0.25) is 0 Å². The van der Waals surface area contributed by atoms with Gasteiger partial charge in [-0.1, -0.05) is 36.4 Å². The second-order valence-corrected chi connectivity index (χ2v) is 6.07. The molecule has 124 valence electrons. The fourth-order valence-corrected chi connectivity index (χ4v) is 3.40. The topological polar surface area (TPSA) is 59.3 Å². The first-order chi connectivity index (χ1) is 12.2. The Morgan fingerprint density at radius 1 is 1.04 bits per heavy atom. The largest absolute Gasteiger partial charge is 0.367 e. The van der Waals surface area contributed by atoms with Crippen LogP contribution >= 0.6 is 0 Å². The lowest BCUT2D eigenvalue weighted by Crippen LogP contribution is -2.28. The molecule has 0 saturated heterocycles.